The maximum atomic E-state index is 9.98. The molecule has 1 aliphatic rings. The van der Waals surface area contributed by atoms with E-state index in [1.54, 1.807) is 0 Å². The zero-order valence-electron chi connectivity index (χ0n) is 9.59. The second kappa shape index (κ2) is 4.66. The molecule has 102 valence electrons. The van der Waals surface area contributed by atoms with Gasteiger partial charge in [-0.1, -0.05) is 0 Å². The molecule has 0 amide bonds. The SMILES string of the molecule is OC[C@H]1O[C@@H](n2c(Cl)nc3cncnc32)[C@H](O)[C@@H]1O. The molecule has 0 saturated carbocycles. The van der Waals surface area contributed by atoms with Gasteiger partial charge in [-0.2, -0.15) is 0 Å². The number of aliphatic hydroxyl groups is 3. The van der Waals surface area contributed by atoms with Gasteiger partial charge in [-0.25, -0.2) is 15.0 Å². The van der Waals surface area contributed by atoms with Crippen LogP contribution in [0, 0.1) is 0 Å². The highest BCUT2D eigenvalue weighted by molar-refractivity contribution is 6.29. The van der Waals surface area contributed by atoms with Gasteiger partial charge in [0.05, 0.1) is 12.8 Å². The second-order valence-corrected chi connectivity index (χ2v) is 4.55. The number of hydrogen-bond donors (Lipinski definition) is 3. The van der Waals surface area contributed by atoms with Gasteiger partial charge in [-0.15, -0.1) is 0 Å². The molecule has 1 fully saturated rings. The van der Waals surface area contributed by atoms with E-state index in [4.69, 9.17) is 21.4 Å². The maximum Gasteiger partial charge on any atom is 0.207 e. The van der Waals surface area contributed by atoms with Crippen LogP contribution in [0.5, 0.6) is 0 Å². The molecular weight excluding hydrogens is 276 g/mol. The summed E-state index contributed by atoms with van der Waals surface area (Å²) in [6, 6.07) is 0. The van der Waals surface area contributed by atoms with Crippen molar-refractivity contribution in [2.24, 2.45) is 0 Å². The molecule has 0 bridgehead atoms. The number of aliphatic hydroxyl groups excluding tert-OH is 3. The molecule has 1 aliphatic heterocycles. The summed E-state index contributed by atoms with van der Waals surface area (Å²) in [6.45, 7) is -0.409. The highest BCUT2D eigenvalue weighted by Gasteiger charge is 2.44. The minimum absolute atomic E-state index is 0.0605. The Bertz CT molecular complexity index is 606. The molecule has 0 unspecified atom stereocenters. The molecule has 0 aromatic carbocycles. The number of hydrogen-bond acceptors (Lipinski definition) is 7. The fourth-order valence-corrected chi connectivity index (χ4v) is 2.41. The van der Waals surface area contributed by atoms with Crippen molar-refractivity contribution in [2.75, 3.05) is 6.61 Å². The zero-order chi connectivity index (χ0) is 13.6. The predicted octanol–water partition coefficient (Wildman–Crippen LogP) is -0.909. The summed E-state index contributed by atoms with van der Waals surface area (Å²) >= 11 is 6.00. The number of rotatable bonds is 2. The lowest BCUT2D eigenvalue weighted by molar-refractivity contribution is -0.0509. The van der Waals surface area contributed by atoms with E-state index in [0.29, 0.717) is 11.2 Å². The van der Waals surface area contributed by atoms with Crippen LogP contribution in [0.2, 0.25) is 5.28 Å². The van der Waals surface area contributed by atoms with Gasteiger partial charge in [0.15, 0.2) is 11.9 Å². The average Bonchev–Trinajstić information content (AvgIpc) is 2.88. The van der Waals surface area contributed by atoms with Crippen molar-refractivity contribution < 1.29 is 20.1 Å². The number of aromatic nitrogens is 4. The van der Waals surface area contributed by atoms with Crippen LogP contribution in [0.25, 0.3) is 11.2 Å². The lowest BCUT2D eigenvalue weighted by Gasteiger charge is -2.17. The van der Waals surface area contributed by atoms with E-state index in [0.717, 1.165) is 0 Å². The molecular formula is C10H11ClN4O4. The summed E-state index contributed by atoms with van der Waals surface area (Å²) in [5, 5.41) is 28.9. The fourth-order valence-electron chi connectivity index (χ4n) is 2.14. The van der Waals surface area contributed by atoms with Crippen LogP contribution < -0.4 is 0 Å². The van der Waals surface area contributed by atoms with Crippen LogP contribution in [0.1, 0.15) is 6.23 Å². The minimum Gasteiger partial charge on any atom is -0.394 e. The van der Waals surface area contributed by atoms with Crippen molar-refractivity contribution in [3.63, 3.8) is 0 Å². The van der Waals surface area contributed by atoms with Crippen molar-refractivity contribution in [3.05, 3.63) is 17.8 Å². The van der Waals surface area contributed by atoms with Gasteiger partial charge in [0.25, 0.3) is 0 Å². The highest BCUT2D eigenvalue weighted by atomic mass is 35.5. The van der Waals surface area contributed by atoms with Gasteiger partial charge in [0.2, 0.25) is 5.28 Å². The zero-order valence-corrected chi connectivity index (χ0v) is 10.3. The van der Waals surface area contributed by atoms with E-state index in [-0.39, 0.29) is 5.28 Å². The summed E-state index contributed by atoms with van der Waals surface area (Å²) in [4.78, 5) is 11.9. The molecule has 3 rings (SSSR count). The van der Waals surface area contributed by atoms with Crippen LogP contribution in [0.15, 0.2) is 12.5 Å². The normalized spacial score (nSPS) is 31.2. The predicted molar refractivity (Wildman–Crippen MR) is 63.3 cm³/mol. The highest BCUT2D eigenvalue weighted by Crippen LogP contribution is 2.33. The number of halogens is 1. The molecule has 0 spiro atoms. The van der Waals surface area contributed by atoms with Crippen LogP contribution in [0.4, 0.5) is 0 Å². The van der Waals surface area contributed by atoms with E-state index in [9.17, 15) is 10.2 Å². The molecule has 2 aromatic heterocycles. The molecule has 0 aliphatic carbocycles. The molecule has 9 heteroatoms. The third-order valence-electron chi connectivity index (χ3n) is 3.08. The molecule has 2 aromatic rings. The first kappa shape index (κ1) is 12.7. The lowest BCUT2D eigenvalue weighted by Crippen LogP contribution is -2.33. The topological polar surface area (TPSA) is 114 Å². The third-order valence-corrected chi connectivity index (χ3v) is 3.35. The molecule has 4 atom stereocenters. The smallest absolute Gasteiger partial charge is 0.207 e. The molecule has 1 saturated heterocycles. The lowest BCUT2D eigenvalue weighted by atomic mass is 10.1. The van der Waals surface area contributed by atoms with Gasteiger partial charge >= 0.3 is 0 Å². The van der Waals surface area contributed by atoms with Crippen LogP contribution in [-0.2, 0) is 4.74 Å². The number of ether oxygens (including phenoxy) is 1. The van der Waals surface area contributed by atoms with Crippen molar-refractivity contribution in [2.45, 2.75) is 24.5 Å². The van der Waals surface area contributed by atoms with Crippen molar-refractivity contribution in [1.29, 1.82) is 0 Å². The minimum atomic E-state index is -1.23. The van der Waals surface area contributed by atoms with E-state index in [1.165, 1.54) is 17.1 Å². The van der Waals surface area contributed by atoms with Gasteiger partial charge in [0, 0.05) is 0 Å². The van der Waals surface area contributed by atoms with E-state index in [1.807, 2.05) is 0 Å². The van der Waals surface area contributed by atoms with Gasteiger partial charge < -0.3 is 20.1 Å². The standard InChI is InChI=1S/C10H11ClN4O4/c11-10-14-4-1-12-3-13-8(4)15(10)9-7(18)6(17)5(2-16)19-9/h1,3,5-7,9,16-18H,2H2/t5-,6-,7-,9-/m1/s1. The summed E-state index contributed by atoms with van der Waals surface area (Å²) in [5.41, 5.74) is 0.833. The van der Waals surface area contributed by atoms with Gasteiger partial charge in [0.1, 0.15) is 30.2 Å². The summed E-state index contributed by atoms with van der Waals surface area (Å²) < 4.78 is 6.76. The quantitative estimate of drug-likeness (QED) is 0.613. The number of nitrogens with zero attached hydrogens (tertiary/aromatic N) is 4. The Kier molecular flexibility index (Phi) is 3.11. The van der Waals surface area contributed by atoms with Gasteiger partial charge in [-0.05, 0) is 11.6 Å². The van der Waals surface area contributed by atoms with Crippen molar-refractivity contribution in [1.82, 2.24) is 19.5 Å². The number of fused-ring (bicyclic) bond motifs is 1. The van der Waals surface area contributed by atoms with Crippen LogP contribution >= 0.6 is 11.6 Å². The first-order valence-electron chi connectivity index (χ1n) is 5.59. The Balaban J connectivity index is 2.07. The second-order valence-electron chi connectivity index (χ2n) is 4.21. The molecule has 19 heavy (non-hydrogen) atoms. The summed E-state index contributed by atoms with van der Waals surface area (Å²) in [6.07, 6.45) is -1.48. The number of imidazole rings is 1. The monoisotopic (exact) mass is 286 g/mol. The Morgan fingerprint density at radius 3 is 2.84 bits per heavy atom. The van der Waals surface area contributed by atoms with Crippen molar-refractivity contribution >= 4 is 22.8 Å². The van der Waals surface area contributed by atoms with Crippen molar-refractivity contribution in [3.8, 4) is 0 Å². The Morgan fingerprint density at radius 1 is 1.37 bits per heavy atom. The molecule has 8 nitrogen and oxygen atoms in total. The largest absolute Gasteiger partial charge is 0.394 e. The van der Waals surface area contributed by atoms with E-state index < -0.39 is 31.1 Å². The summed E-state index contributed by atoms with van der Waals surface area (Å²) in [7, 11) is 0. The first-order chi connectivity index (χ1) is 9.13. The Hall–Kier alpha value is -1.32. The maximum absolute atomic E-state index is 9.98. The summed E-state index contributed by atoms with van der Waals surface area (Å²) in [5.74, 6) is 0. The Morgan fingerprint density at radius 2 is 2.16 bits per heavy atom. The fraction of sp³-hybridized carbons (Fsp3) is 0.500. The average molecular weight is 287 g/mol. The van der Waals surface area contributed by atoms with E-state index in [2.05, 4.69) is 15.0 Å². The van der Waals surface area contributed by atoms with E-state index >= 15 is 0 Å². The first-order valence-corrected chi connectivity index (χ1v) is 5.97. The van der Waals surface area contributed by atoms with Crippen LogP contribution in [0.3, 0.4) is 0 Å². The molecule has 3 N–H and O–H groups in total. The molecule has 0 radical (unpaired) electrons. The Labute approximate surface area is 112 Å². The third kappa shape index (κ3) is 1.88. The molecule has 3 heterocycles. The van der Waals surface area contributed by atoms with Gasteiger partial charge in [-0.3, -0.25) is 4.57 Å². The van der Waals surface area contributed by atoms with Crippen LogP contribution in [-0.4, -0.2) is 59.8 Å².